The van der Waals surface area contributed by atoms with Crippen molar-refractivity contribution in [2.24, 2.45) is 5.73 Å². The topological polar surface area (TPSA) is 63.0 Å². The molecule has 0 radical (unpaired) electrons. The Balaban J connectivity index is 1.56. The monoisotopic (exact) mass is 346 g/mol. The van der Waals surface area contributed by atoms with Gasteiger partial charge in [0.05, 0.1) is 10.2 Å². The molecule has 118 valence electrons. The van der Waals surface area contributed by atoms with E-state index in [9.17, 15) is 4.39 Å². The smallest absolute Gasteiger partial charge is 0.183 e. The molecule has 3 aromatic rings. The molecule has 0 atom stereocenters. The lowest BCUT2D eigenvalue weighted by Gasteiger charge is -2.06. The summed E-state index contributed by atoms with van der Waals surface area (Å²) in [4.78, 5) is 4.43. The van der Waals surface area contributed by atoms with Gasteiger partial charge in [-0.2, -0.15) is 0 Å². The standard InChI is InChI=1S/C16H15FN4S2/c17-11-3-6-13-14(9-11)23-16(21-13)19-8-7-10-1-4-12(5-2-10)20-15(18)22/h1-6,9H,7-8H2,(H,19,21)(H3,18,20,22). The van der Waals surface area contributed by atoms with E-state index in [1.165, 1.54) is 29.0 Å². The first-order valence-electron chi connectivity index (χ1n) is 7.05. The average Bonchev–Trinajstić information content (AvgIpc) is 2.90. The molecule has 0 spiro atoms. The van der Waals surface area contributed by atoms with Crippen LogP contribution in [0.15, 0.2) is 42.5 Å². The van der Waals surface area contributed by atoms with Gasteiger partial charge in [0.15, 0.2) is 10.2 Å². The number of thiazole rings is 1. The lowest BCUT2D eigenvalue weighted by Crippen LogP contribution is -2.18. The van der Waals surface area contributed by atoms with Gasteiger partial charge in [-0.15, -0.1) is 0 Å². The number of thiocarbonyl (C=S) groups is 1. The van der Waals surface area contributed by atoms with E-state index in [1.54, 1.807) is 6.07 Å². The lowest BCUT2D eigenvalue weighted by atomic mass is 10.1. The molecule has 3 rings (SSSR count). The van der Waals surface area contributed by atoms with E-state index >= 15 is 0 Å². The van der Waals surface area contributed by atoms with Gasteiger partial charge in [-0.3, -0.25) is 0 Å². The first-order chi connectivity index (χ1) is 11.1. The van der Waals surface area contributed by atoms with Gasteiger partial charge in [-0.25, -0.2) is 9.37 Å². The highest BCUT2D eigenvalue weighted by Crippen LogP contribution is 2.26. The van der Waals surface area contributed by atoms with Crippen LogP contribution in [-0.2, 0) is 6.42 Å². The maximum absolute atomic E-state index is 13.2. The molecule has 4 N–H and O–H groups in total. The maximum Gasteiger partial charge on any atom is 0.183 e. The van der Waals surface area contributed by atoms with Crippen molar-refractivity contribution in [1.29, 1.82) is 0 Å². The van der Waals surface area contributed by atoms with Gasteiger partial charge in [0.2, 0.25) is 0 Å². The highest BCUT2D eigenvalue weighted by atomic mass is 32.1. The molecule has 0 fully saturated rings. The van der Waals surface area contributed by atoms with Crippen LogP contribution in [0.1, 0.15) is 5.56 Å². The third-order valence-electron chi connectivity index (χ3n) is 3.26. The minimum absolute atomic E-state index is 0.238. The number of hydrogen-bond acceptors (Lipinski definition) is 4. The van der Waals surface area contributed by atoms with Gasteiger partial charge in [-0.05, 0) is 54.5 Å². The molecule has 0 saturated heterocycles. The predicted molar refractivity (Wildman–Crippen MR) is 98.6 cm³/mol. The SMILES string of the molecule is NC(=S)Nc1ccc(CCNc2nc3ccc(F)cc3s2)cc1. The summed E-state index contributed by atoms with van der Waals surface area (Å²) in [5.41, 5.74) is 8.31. The Morgan fingerprint density at radius 1 is 1.22 bits per heavy atom. The quantitative estimate of drug-likeness (QED) is 0.614. The highest BCUT2D eigenvalue weighted by Gasteiger charge is 2.04. The number of anilines is 2. The molecular formula is C16H15FN4S2. The number of benzene rings is 2. The molecule has 0 bridgehead atoms. The van der Waals surface area contributed by atoms with Crippen LogP contribution in [0.4, 0.5) is 15.2 Å². The van der Waals surface area contributed by atoms with Crippen LogP contribution in [0, 0.1) is 5.82 Å². The molecule has 1 aromatic heterocycles. The van der Waals surface area contributed by atoms with Crippen molar-refractivity contribution in [3.63, 3.8) is 0 Å². The lowest BCUT2D eigenvalue weighted by molar-refractivity contribution is 0.630. The Hall–Kier alpha value is -2.25. The van der Waals surface area contributed by atoms with Crippen LogP contribution >= 0.6 is 23.6 Å². The molecule has 0 aliphatic rings. The van der Waals surface area contributed by atoms with Gasteiger partial charge in [-0.1, -0.05) is 23.5 Å². The summed E-state index contributed by atoms with van der Waals surface area (Å²) in [6.45, 7) is 0.754. The van der Waals surface area contributed by atoms with Gasteiger partial charge in [0, 0.05) is 12.2 Å². The van der Waals surface area contributed by atoms with Crippen molar-refractivity contribution >= 4 is 49.7 Å². The van der Waals surface area contributed by atoms with Crippen molar-refractivity contribution in [3.8, 4) is 0 Å². The van der Waals surface area contributed by atoms with E-state index in [1.807, 2.05) is 24.3 Å². The summed E-state index contributed by atoms with van der Waals surface area (Å²) >= 11 is 6.25. The van der Waals surface area contributed by atoms with Gasteiger partial charge >= 0.3 is 0 Å². The van der Waals surface area contributed by atoms with Crippen LogP contribution in [0.5, 0.6) is 0 Å². The van der Waals surface area contributed by atoms with Crippen LogP contribution in [0.3, 0.4) is 0 Å². The summed E-state index contributed by atoms with van der Waals surface area (Å²) < 4.78 is 14.0. The fourth-order valence-electron chi connectivity index (χ4n) is 2.18. The van der Waals surface area contributed by atoms with Crippen molar-refractivity contribution in [3.05, 3.63) is 53.8 Å². The largest absolute Gasteiger partial charge is 0.376 e. The summed E-state index contributed by atoms with van der Waals surface area (Å²) in [6, 6.07) is 12.6. The maximum atomic E-state index is 13.2. The highest BCUT2D eigenvalue weighted by molar-refractivity contribution is 7.80. The zero-order valence-electron chi connectivity index (χ0n) is 12.2. The number of hydrogen-bond donors (Lipinski definition) is 3. The van der Waals surface area contributed by atoms with Gasteiger partial charge in [0.1, 0.15) is 5.82 Å². The average molecular weight is 346 g/mol. The first kappa shape index (κ1) is 15.6. The molecule has 7 heteroatoms. The molecule has 1 heterocycles. The fourth-order valence-corrected chi connectivity index (χ4v) is 3.22. The molecule has 4 nitrogen and oxygen atoms in total. The Labute approximate surface area is 142 Å². The Kier molecular flexibility index (Phi) is 4.68. The van der Waals surface area contributed by atoms with Crippen molar-refractivity contribution < 1.29 is 4.39 Å². The summed E-state index contributed by atoms with van der Waals surface area (Å²) in [6.07, 6.45) is 0.859. The number of fused-ring (bicyclic) bond motifs is 1. The fraction of sp³-hybridized carbons (Fsp3) is 0.125. The molecule has 0 saturated carbocycles. The number of aromatic nitrogens is 1. The molecule has 2 aromatic carbocycles. The zero-order valence-corrected chi connectivity index (χ0v) is 13.8. The zero-order chi connectivity index (χ0) is 16.2. The van der Waals surface area contributed by atoms with E-state index in [-0.39, 0.29) is 10.9 Å². The molecule has 23 heavy (non-hydrogen) atoms. The van der Waals surface area contributed by atoms with E-state index < -0.39 is 0 Å². The van der Waals surface area contributed by atoms with Crippen LogP contribution in [-0.4, -0.2) is 16.6 Å². The molecule has 0 unspecified atom stereocenters. The molecular weight excluding hydrogens is 331 g/mol. The number of rotatable bonds is 5. The number of nitrogens with two attached hydrogens (primary N) is 1. The Morgan fingerprint density at radius 3 is 2.74 bits per heavy atom. The first-order valence-corrected chi connectivity index (χ1v) is 8.28. The minimum Gasteiger partial charge on any atom is -0.376 e. The number of nitrogens with one attached hydrogen (secondary N) is 2. The van der Waals surface area contributed by atoms with Crippen molar-refractivity contribution in [2.75, 3.05) is 17.2 Å². The van der Waals surface area contributed by atoms with E-state index in [0.717, 1.165) is 34.0 Å². The summed E-state index contributed by atoms with van der Waals surface area (Å²) in [5, 5.41) is 7.22. The third-order valence-corrected chi connectivity index (χ3v) is 4.34. The van der Waals surface area contributed by atoms with E-state index in [4.69, 9.17) is 18.0 Å². The van der Waals surface area contributed by atoms with Crippen LogP contribution in [0.25, 0.3) is 10.2 Å². The third kappa shape index (κ3) is 4.14. The minimum atomic E-state index is -0.238. The molecule has 0 aliphatic carbocycles. The number of halogens is 1. The van der Waals surface area contributed by atoms with Crippen LogP contribution < -0.4 is 16.4 Å². The second-order valence-electron chi connectivity index (χ2n) is 4.99. The normalized spacial score (nSPS) is 10.7. The predicted octanol–water partition coefficient (Wildman–Crippen LogP) is 3.75. The van der Waals surface area contributed by atoms with E-state index in [0.29, 0.717) is 0 Å². The second kappa shape index (κ2) is 6.89. The van der Waals surface area contributed by atoms with Crippen LogP contribution in [0.2, 0.25) is 0 Å². The summed E-state index contributed by atoms with van der Waals surface area (Å²) in [5.74, 6) is -0.238. The van der Waals surface area contributed by atoms with Gasteiger partial charge in [0.25, 0.3) is 0 Å². The summed E-state index contributed by atoms with van der Waals surface area (Å²) in [7, 11) is 0. The Morgan fingerprint density at radius 2 is 2.00 bits per heavy atom. The van der Waals surface area contributed by atoms with E-state index in [2.05, 4.69) is 15.6 Å². The van der Waals surface area contributed by atoms with Gasteiger partial charge < -0.3 is 16.4 Å². The molecule has 0 aliphatic heterocycles. The molecule has 0 amide bonds. The van der Waals surface area contributed by atoms with Crippen molar-refractivity contribution in [1.82, 2.24) is 4.98 Å². The Bertz CT molecular complexity index is 830. The number of nitrogens with zero attached hydrogens (tertiary/aromatic N) is 1. The van der Waals surface area contributed by atoms with Crippen molar-refractivity contribution in [2.45, 2.75) is 6.42 Å². The second-order valence-corrected chi connectivity index (χ2v) is 6.46.